The number of aryl methyl sites for hydroxylation is 2. The second kappa shape index (κ2) is 24.1. The van der Waals surface area contributed by atoms with Crippen LogP contribution in [0.4, 0.5) is 0 Å². The Morgan fingerprint density at radius 3 is 1.00 bits per heavy atom. The summed E-state index contributed by atoms with van der Waals surface area (Å²) in [4.78, 5) is 10.3. The second-order valence-corrected chi connectivity index (χ2v) is 12.4. The highest BCUT2D eigenvalue weighted by molar-refractivity contribution is 7.41. The van der Waals surface area contributed by atoms with Crippen LogP contribution in [-0.4, -0.2) is 4.89 Å². The summed E-state index contributed by atoms with van der Waals surface area (Å²) in [7, 11) is -2.00. The van der Waals surface area contributed by atoms with E-state index in [-0.39, 0.29) is 0 Å². The van der Waals surface area contributed by atoms with Crippen molar-refractivity contribution in [1.82, 2.24) is 0 Å². The zero-order valence-corrected chi connectivity index (χ0v) is 26.8. The fourth-order valence-electron chi connectivity index (χ4n) is 5.27. The van der Waals surface area contributed by atoms with E-state index in [1.807, 2.05) is 24.3 Å². The van der Waals surface area contributed by atoms with Crippen molar-refractivity contribution >= 4 is 8.60 Å². The van der Waals surface area contributed by atoms with Gasteiger partial charge < -0.3 is 13.9 Å². The minimum absolute atomic E-state index is 0.651. The molecule has 0 aliphatic rings. The maximum atomic E-state index is 10.3. The molecule has 0 atom stereocenters. The fourth-order valence-corrected chi connectivity index (χ4v) is 5.91. The van der Waals surface area contributed by atoms with Crippen LogP contribution in [0.15, 0.2) is 48.5 Å². The van der Waals surface area contributed by atoms with Crippen LogP contribution in [0.5, 0.6) is 11.5 Å². The number of unbranched alkanes of at least 4 members (excludes halogenated alkanes) is 18. The molecule has 0 fully saturated rings. The summed E-state index contributed by atoms with van der Waals surface area (Å²) in [6.45, 7) is 4.55. The first-order valence-electron chi connectivity index (χ1n) is 16.7. The molecule has 0 aliphatic heterocycles. The van der Waals surface area contributed by atoms with Crippen LogP contribution in [-0.2, 0) is 12.8 Å². The SMILES string of the molecule is CCCCCCCCCCCCc1ccc(OP(O)Oc2ccc(CCCCCCCCCCCC)cc2)cc1. The average Bonchev–Trinajstić information content (AvgIpc) is 2.96. The first-order valence-corrected chi connectivity index (χ1v) is 17.9. The molecule has 40 heavy (non-hydrogen) atoms. The summed E-state index contributed by atoms with van der Waals surface area (Å²) in [5.41, 5.74) is 2.65. The largest absolute Gasteiger partial charge is 0.460 e. The smallest absolute Gasteiger partial charge is 0.418 e. The normalized spacial score (nSPS) is 11.3. The van der Waals surface area contributed by atoms with E-state index < -0.39 is 8.60 Å². The molecule has 0 bridgehead atoms. The molecule has 2 rings (SSSR count). The lowest BCUT2D eigenvalue weighted by atomic mass is 10.0. The van der Waals surface area contributed by atoms with Gasteiger partial charge in [0, 0.05) is 0 Å². The molecular formula is C36H59O3P. The molecule has 2 aromatic carbocycles. The van der Waals surface area contributed by atoms with Crippen molar-refractivity contribution in [3.63, 3.8) is 0 Å². The van der Waals surface area contributed by atoms with Crippen molar-refractivity contribution in [2.45, 2.75) is 155 Å². The van der Waals surface area contributed by atoms with E-state index in [9.17, 15) is 4.89 Å². The molecule has 0 saturated carbocycles. The minimum atomic E-state index is -2.00. The number of benzene rings is 2. The van der Waals surface area contributed by atoms with Crippen molar-refractivity contribution < 1.29 is 13.9 Å². The van der Waals surface area contributed by atoms with E-state index in [0.29, 0.717) is 11.5 Å². The van der Waals surface area contributed by atoms with Crippen LogP contribution in [0, 0.1) is 0 Å². The first-order chi connectivity index (χ1) is 19.7. The molecule has 0 unspecified atom stereocenters. The first kappa shape index (κ1) is 34.6. The van der Waals surface area contributed by atoms with Crippen LogP contribution in [0.3, 0.4) is 0 Å². The lowest BCUT2D eigenvalue weighted by molar-refractivity contribution is 0.381. The molecule has 0 spiro atoms. The lowest BCUT2D eigenvalue weighted by Crippen LogP contribution is -1.95. The van der Waals surface area contributed by atoms with Gasteiger partial charge in [0.2, 0.25) is 0 Å². The molecular weight excluding hydrogens is 511 g/mol. The van der Waals surface area contributed by atoms with Crippen molar-refractivity contribution in [3.05, 3.63) is 59.7 Å². The molecule has 226 valence electrons. The van der Waals surface area contributed by atoms with Gasteiger partial charge >= 0.3 is 8.60 Å². The third-order valence-electron chi connectivity index (χ3n) is 7.85. The number of hydrogen-bond acceptors (Lipinski definition) is 3. The van der Waals surface area contributed by atoms with Crippen LogP contribution in [0.1, 0.15) is 153 Å². The minimum Gasteiger partial charge on any atom is -0.418 e. The second-order valence-electron chi connectivity index (χ2n) is 11.6. The molecule has 0 amide bonds. The molecule has 0 aromatic heterocycles. The van der Waals surface area contributed by atoms with Gasteiger partial charge in [-0.25, -0.2) is 0 Å². The van der Waals surface area contributed by atoms with E-state index in [0.717, 1.165) is 12.8 Å². The molecule has 0 radical (unpaired) electrons. The van der Waals surface area contributed by atoms with Gasteiger partial charge in [-0.05, 0) is 61.1 Å². The highest BCUT2D eigenvalue weighted by Crippen LogP contribution is 2.36. The van der Waals surface area contributed by atoms with E-state index in [1.54, 1.807) is 0 Å². The molecule has 0 saturated heterocycles. The van der Waals surface area contributed by atoms with Gasteiger partial charge in [-0.1, -0.05) is 154 Å². The standard InChI is InChI=1S/C36H59O3P/c1-3-5-7-9-11-13-15-17-19-21-23-33-25-29-35(30-26-33)38-40(37)39-36-31-27-34(28-32-36)24-22-20-18-16-14-12-10-8-6-4-2/h25-32,37H,3-24H2,1-2H3. The van der Waals surface area contributed by atoms with Crippen molar-refractivity contribution in [1.29, 1.82) is 0 Å². The van der Waals surface area contributed by atoms with E-state index >= 15 is 0 Å². The topological polar surface area (TPSA) is 38.7 Å². The molecule has 4 heteroatoms. The Labute approximate surface area is 248 Å². The molecule has 3 nitrogen and oxygen atoms in total. The van der Waals surface area contributed by atoms with Gasteiger partial charge in [-0.2, -0.15) is 0 Å². The predicted molar refractivity (Wildman–Crippen MR) is 174 cm³/mol. The zero-order chi connectivity index (χ0) is 28.5. The van der Waals surface area contributed by atoms with Crippen LogP contribution in [0.2, 0.25) is 0 Å². The zero-order valence-electron chi connectivity index (χ0n) is 25.9. The van der Waals surface area contributed by atoms with Gasteiger partial charge in [0.25, 0.3) is 0 Å². The highest BCUT2D eigenvalue weighted by atomic mass is 31.2. The summed E-state index contributed by atoms with van der Waals surface area (Å²) in [6, 6.07) is 16.2. The number of hydrogen-bond donors (Lipinski definition) is 1. The molecule has 1 N–H and O–H groups in total. The highest BCUT2D eigenvalue weighted by Gasteiger charge is 2.11. The van der Waals surface area contributed by atoms with Crippen LogP contribution >= 0.6 is 8.60 Å². The maximum Gasteiger partial charge on any atom is 0.460 e. The molecule has 2 aromatic rings. The fraction of sp³-hybridized carbons (Fsp3) is 0.667. The van der Waals surface area contributed by atoms with Crippen LogP contribution in [0.25, 0.3) is 0 Å². The Bertz CT molecular complexity index is 751. The van der Waals surface area contributed by atoms with Gasteiger partial charge in [-0.15, -0.1) is 0 Å². The Balaban J connectivity index is 1.52. The molecule has 0 heterocycles. The van der Waals surface area contributed by atoms with Crippen LogP contribution < -0.4 is 9.05 Å². The Morgan fingerprint density at radius 1 is 0.425 bits per heavy atom. The van der Waals surface area contributed by atoms with Gasteiger partial charge in [0.05, 0.1) is 0 Å². The summed E-state index contributed by atoms with van der Waals surface area (Å²) in [5, 5.41) is 0. The monoisotopic (exact) mass is 570 g/mol. The van der Waals surface area contributed by atoms with Crippen molar-refractivity contribution in [2.75, 3.05) is 0 Å². The van der Waals surface area contributed by atoms with Gasteiger partial charge in [-0.3, -0.25) is 0 Å². The third kappa shape index (κ3) is 18.0. The summed E-state index contributed by atoms with van der Waals surface area (Å²) >= 11 is 0. The van der Waals surface area contributed by atoms with E-state index in [1.165, 1.54) is 140 Å². The van der Waals surface area contributed by atoms with Crippen molar-refractivity contribution in [3.8, 4) is 11.5 Å². The Morgan fingerprint density at radius 2 is 0.700 bits per heavy atom. The quantitative estimate of drug-likeness (QED) is 0.0903. The van der Waals surface area contributed by atoms with Gasteiger partial charge in [0.15, 0.2) is 0 Å². The summed E-state index contributed by atoms with van der Waals surface area (Å²) < 4.78 is 11.3. The Hall–Kier alpha value is -1.57. The van der Waals surface area contributed by atoms with Gasteiger partial charge in [0.1, 0.15) is 11.5 Å². The Kier molecular flexibility index (Phi) is 20.8. The molecule has 0 aliphatic carbocycles. The maximum absolute atomic E-state index is 10.3. The predicted octanol–water partition coefficient (Wildman–Crippen LogP) is 12.3. The average molecular weight is 571 g/mol. The van der Waals surface area contributed by atoms with Crippen molar-refractivity contribution in [2.24, 2.45) is 0 Å². The van der Waals surface area contributed by atoms with E-state index in [4.69, 9.17) is 9.05 Å². The lowest BCUT2D eigenvalue weighted by Gasteiger charge is -2.13. The summed E-state index contributed by atoms with van der Waals surface area (Å²) in [5.74, 6) is 1.30. The third-order valence-corrected chi connectivity index (χ3v) is 8.59. The summed E-state index contributed by atoms with van der Waals surface area (Å²) in [6.07, 6.45) is 29.4. The van der Waals surface area contributed by atoms with E-state index in [2.05, 4.69) is 38.1 Å². The number of rotatable bonds is 26.